The van der Waals surface area contributed by atoms with E-state index in [1.165, 1.54) is 12.1 Å². The quantitative estimate of drug-likeness (QED) is 0.408. The molecule has 0 aliphatic carbocycles. The molecule has 0 radical (unpaired) electrons. The smallest absolute Gasteiger partial charge is 0.256 e. The predicted molar refractivity (Wildman–Crippen MR) is 122 cm³/mol. The van der Waals surface area contributed by atoms with Crippen LogP contribution in [-0.2, 0) is 0 Å². The SMILES string of the molecule is Cc1c(-c2ccccc2)nc2ccc(Br)cc2c1C(=O)Nc1ccc(C(N)=O)cc1F. The molecule has 3 aromatic carbocycles. The Morgan fingerprint density at radius 3 is 2.45 bits per heavy atom. The summed E-state index contributed by atoms with van der Waals surface area (Å²) in [4.78, 5) is 29.3. The van der Waals surface area contributed by atoms with Crippen molar-refractivity contribution in [1.82, 2.24) is 4.98 Å². The summed E-state index contributed by atoms with van der Waals surface area (Å²) in [5, 5.41) is 3.25. The molecule has 0 atom stereocenters. The fourth-order valence-corrected chi connectivity index (χ4v) is 3.82. The summed E-state index contributed by atoms with van der Waals surface area (Å²) in [5.74, 6) is -1.97. The predicted octanol–water partition coefficient (Wildman–Crippen LogP) is 5.46. The molecule has 1 heterocycles. The summed E-state index contributed by atoms with van der Waals surface area (Å²) >= 11 is 3.44. The molecule has 1 aromatic heterocycles. The van der Waals surface area contributed by atoms with Gasteiger partial charge in [-0.25, -0.2) is 9.37 Å². The van der Waals surface area contributed by atoms with Gasteiger partial charge in [0.05, 0.1) is 22.5 Å². The van der Waals surface area contributed by atoms with Crippen LogP contribution in [0.3, 0.4) is 0 Å². The molecule has 7 heteroatoms. The van der Waals surface area contributed by atoms with E-state index in [0.29, 0.717) is 27.7 Å². The normalized spacial score (nSPS) is 10.8. The second-order valence-corrected chi connectivity index (χ2v) is 7.92. The number of halogens is 2. The number of anilines is 1. The molecule has 3 N–H and O–H groups in total. The molecule has 0 aliphatic rings. The van der Waals surface area contributed by atoms with Crippen molar-refractivity contribution in [2.45, 2.75) is 6.92 Å². The second-order valence-electron chi connectivity index (χ2n) is 7.00. The Bertz CT molecular complexity index is 1340. The van der Waals surface area contributed by atoms with Gasteiger partial charge in [-0.3, -0.25) is 9.59 Å². The number of rotatable bonds is 4. The molecular weight excluding hydrogens is 461 g/mol. The molecule has 0 spiro atoms. The van der Waals surface area contributed by atoms with Crippen molar-refractivity contribution in [1.29, 1.82) is 0 Å². The molecule has 154 valence electrons. The molecule has 31 heavy (non-hydrogen) atoms. The zero-order chi connectivity index (χ0) is 22.1. The Morgan fingerprint density at radius 2 is 1.77 bits per heavy atom. The number of nitrogens with one attached hydrogen (secondary N) is 1. The largest absolute Gasteiger partial charge is 0.366 e. The zero-order valence-corrected chi connectivity index (χ0v) is 18.0. The van der Waals surface area contributed by atoms with Crippen LogP contribution < -0.4 is 11.1 Å². The average molecular weight is 478 g/mol. The first-order chi connectivity index (χ1) is 14.8. The molecule has 0 bridgehead atoms. The number of hydrogen-bond acceptors (Lipinski definition) is 3. The van der Waals surface area contributed by atoms with Gasteiger partial charge in [0.2, 0.25) is 5.91 Å². The highest BCUT2D eigenvalue weighted by atomic mass is 79.9. The number of benzene rings is 3. The van der Waals surface area contributed by atoms with Crippen LogP contribution in [0.5, 0.6) is 0 Å². The van der Waals surface area contributed by atoms with Gasteiger partial charge in [-0.15, -0.1) is 0 Å². The van der Waals surface area contributed by atoms with Gasteiger partial charge in [0.15, 0.2) is 0 Å². The van der Waals surface area contributed by atoms with E-state index in [-0.39, 0.29) is 11.3 Å². The maximum Gasteiger partial charge on any atom is 0.256 e. The topological polar surface area (TPSA) is 85.1 Å². The van der Waals surface area contributed by atoms with Crippen LogP contribution in [0.1, 0.15) is 26.3 Å². The third-order valence-electron chi connectivity index (χ3n) is 4.97. The number of primary amides is 1. The molecular formula is C24H17BrFN3O2. The fourth-order valence-electron chi connectivity index (χ4n) is 3.45. The fraction of sp³-hybridized carbons (Fsp3) is 0.0417. The van der Waals surface area contributed by atoms with Crippen LogP contribution >= 0.6 is 15.9 Å². The zero-order valence-electron chi connectivity index (χ0n) is 16.4. The van der Waals surface area contributed by atoms with Crippen molar-refractivity contribution in [2.24, 2.45) is 5.73 Å². The van der Waals surface area contributed by atoms with Crippen molar-refractivity contribution >= 4 is 44.3 Å². The lowest BCUT2D eigenvalue weighted by Crippen LogP contribution is -2.17. The van der Waals surface area contributed by atoms with E-state index in [2.05, 4.69) is 21.2 Å². The average Bonchev–Trinajstić information content (AvgIpc) is 2.75. The van der Waals surface area contributed by atoms with Gasteiger partial charge >= 0.3 is 0 Å². The first-order valence-corrected chi connectivity index (χ1v) is 10.2. The number of amides is 2. The van der Waals surface area contributed by atoms with Crippen LogP contribution in [0.25, 0.3) is 22.2 Å². The Kier molecular flexibility index (Phi) is 5.52. The molecule has 4 aromatic rings. The number of carbonyl (C=O) groups is 2. The van der Waals surface area contributed by atoms with E-state index < -0.39 is 17.6 Å². The van der Waals surface area contributed by atoms with E-state index in [9.17, 15) is 14.0 Å². The van der Waals surface area contributed by atoms with Crippen LogP contribution in [0, 0.1) is 12.7 Å². The maximum absolute atomic E-state index is 14.5. The van der Waals surface area contributed by atoms with E-state index >= 15 is 0 Å². The molecule has 0 saturated carbocycles. The molecule has 5 nitrogen and oxygen atoms in total. The minimum atomic E-state index is -0.745. The first-order valence-electron chi connectivity index (χ1n) is 9.41. The first kappa shape index (κ1) is 20.7. The van der Waals surface area contributed by atoms with Crippen LogP contribution in [0.2, 0.25) is 0 Å². The number of nitrogens with two attached hydrogens (primary N) is 1. The van der Waals surface area contributed by atoms with E-state index in [1.54, 1.807) is 0 Å². The van der Waals surface area contributed by atoms with Crippen LogP contribution in [0.15, 0.2) is 71.2 Å². The van der Waals surface area contributed by atoms with Crippen molar-refractivity contribution in [3.8, 4) is 11.3 Å². The van der Waals surface area contributed by atoms with Gasteiger partial charge in [-0.2, -0.15) is 0 Å². The van der Waals surface area contributed by atoms with Crippen molar-refractivity contribution in [2.75, 3.05) is 5.32 Å². The monoisotopic (exact) mass is 477 g/mol. The molecule has 4 rings (SSSR count). The van der Waals surface area contributed by atoms with Crippen LogP contribution in [-0.4, -0.2) is 16.8 Å². The van der Waals surface area contributed by atoms with E-state index in [1.807, 2.05) is 55.5 Å². The third kappa shape index (κ3) is 4.04. The number of hydrogen-bond donors (Lipinski definition) is 2. The lowest BCUT2D eigenvalue weighted by molar-refractivity contribution is 0.0998. The van der Waals surface area contributed by atoms with E-state index in [4.69, 9.17) is 10.7 Å². The lowest BCUT2D eigenvalue weighted by Gasteiger charge is -2.15. The van der Waals surface area contributed by atoms with Gasteiger partial charge in [0.1, 0.15) is 5.82 Å². The Hall–Kier alpha value is -3.58. The molecule has 0 fully saturated rings. The minimum Gasteiger partial charge on any atom is -0.366 e. The molecule has 0 saturated heterocycles. The highest BCUT2D eigenvalue weighted by molar-refractivity contribution is 9.10. The molecule has 0 aliphatic heterocycles. The summed E-state index contributed by atoms with van der Waals surface area (Å²) in [7, 11) is 0. The highest BCUT2D eigenvalue weighted by Gasteiger charge is 2.20. The lowest BCUT2D eigenvalue weighted by atomic mass is 9.97. The summed E-state index contributed by atoms with van der Waals surface area (Å²) in [6.07, 6.45) is 0. The van der Waals surface area contributed by atoms with Crippen LogP contribution in [0.4, 0.5) is 10.1 Å². The Morgan fingerprint density at radius 1 is 1.03 bits per heavy atom. The summed E-state index contributed by atoms with van der Waals surface area (Å²) in [6, 6.07) is 18.7. The number of carbonyl (C=O) groups excluding carboxylic acids is 2. The Labute approximate surface area is 186 Å². The number of aromatic nitrogens is 1. The summed E-state index contributed by atoms with van der Waals surface area (Å²) < 4.78 is 15.3. The number of nitrogens with zero attached hydrogens (tertiary/aromatic N) is 1. The van der Waals surface area contributed by atoms with Gasteiger partial charge in [-0.1, -0.05) is 46.3 Å². The Balaban J connectivity index is 1.85. The van der Waals surface area contributed by atoms with E-state index in [0.717, 1.165) is 16.1 Å². The van der Waals surface area contributed by atoms with Gasteiger partial charge in [0.25, 0.3) is 5.91 Å². The van der Waals surface area contributed by atoms with Gasteiger partial charge in [-0.05, 0) is 48.9 Å². The van der Waals surface area contributed by atoms with Crippen molar-refractivity contribution < 1.29 is 14.0 Å². The van der Waals surface area contributed by atoms with Crippen molar-refractivity contribution in [3.63, 3.8) is 0 Å². The molecule has 0 unspecified atom stereocenters. The number of fused-ring (bicyclic) bond motifs is 1. The summed E-state index contributed by atoms with van der Waals surface area (Å²) in [5.41, 5.74) is 8.41. The van der Waals surface area contributed by atoms with Crippen molar-refractivity contribution in [3.05, 3.63) is 93.7 Å². The second kappa shape index (κ2) is 8.28. The third-order valence-corrected chi connectivity index (χ3v) is 5.46. The highest BCUT2D eigenvalue weighted by Crippen LogP contribution is 2.32. The standard InChI is InChI=1S/C24H17BrFN3O2/c1-13-21(24(31)29-20-9-7-15(23(27)30)11-18(20)26)17-12-16(25)8-10-19(17)28-22(13)14-5-3-2-4-6-14/h2-12H,1H3,(H2,27,30)(H,29,31). The summed E-state index contributed by atoms with van der Waals surface area (Å²) in [6.45, 7) is 1.82. The minimum absolute atomic E-state index is 0.0244. The number of pyridine rings is 1. The van der Waals surface area contributed by atoms with Gasteiger partial charge < -0.3 is 11.1 Å². The van der Waals surface area contributed by atoms with Gasteiger partial charge in [0, 0.05) is 21.0 Å². The maximum atomic E-state index is 14.5. The molecule has 2 amide bonds.